The molecule has 17 heavy (non-hydrogen) atoms. The molecule has 0 N–H and O–H groups in total. The van der Waals surface area contributed by atoms with E-state index in [1.54, 1.807) is 0 Å². The minimum Gasteiger partial charge on any atom is -0.436 e. The number of aromatic nitrogens is 1. The van der Waals surface area contributed by atoms with Crippen LogP contribution in [0.25, 0.3) is 22.6 Å². The van der Waals surface area contributed by atoms with Gasteiger partial charge in [-0.25, -0.2) is 4.98 Å². The van der Waals surface area contributed by atoms with Crippen molar-refractivity contribution in [3.05, 3.63) is 52.5 Å². The second-order valence-corrected chi connectivity index (χ2v) is 4.91. The summed E-state index contributed by atoms with van der Waals surface area (Å²) in [7, 11) is 0. The van der Waals surface area contributed by atoms with E-state index in [1.807, 2.05) is 30.3 Å². The predicted molar refractivity (Wildman–Crippen MR) is 71.9 cm³/mol. The Bertz CT molecular complexity index is 670. The third-order valence-corrected chi connectivity index (χ3v) is 3.14. The molecule has 2 nitrogen and oxygen atoms in total. The molecule has 0 spiro atoms. The monoisotopic (exact) mass is 287 g/mol. The van der Waals surface area contributed by atoms with Gasteiger partial charge < -0.3 is 4.42 Å². The van der Waals surface area contributed by atoms with Crippen molar-refractivity contribution < 1.29 is 4.42 Å². The third-order valence-electron chi connectivity index (χ3n) is 2.65. The van der Waals surface area contributed by atoms with Gasteiger partial charge in [0.05, 0.1) is 0 Å². The van der Waals surface area contributed by atoms with Gasteiger partial charge in [-0.05, 0) is 37.3 Å². The smallest absolute Gasteiger partial charge is 0.227 e. The molecule has 1 aromatic heterocycles. The highest BCUT2D eigenvalue weighted by Gasteiger charge is 2.07. The van der Waals surface area contributed by atoms with Gasteiger partial charge in [0.1, 0.15) is 5.52 Å². The van der Waals surface area contributed by atoms with Crippen molar-refractivity contribution in [2.24, 2.45) is 0 Å². The maximum absolute atomic E-state index is 5.73. The first-order valence-corrected chi connectivity index (χ1v) is 6.15. The molecule has 84 valence electrons. The average molecular weight is 288 g/mol. The number of oxazole rings is 1. The van der Waals surface area contributed by atoms with E-state index in [0.29, 0.717) is 5.89 Å². The first kappa shape index (κ1) is 10.5. The van der Waals surface area contributed by atoms with Crippen LogP contribution in [0.3, 0.4) is 0 Å². The Balaban J connectivity index is 2.14. The van der Waals surface area contributed by atoms with Crippen LogP contribution in [0.1, 0.15) is 5.56 Å². The zero-order valence-electron chi connectivity index (χ0n) is 9.27. The largest absolute Gasteiger partial charge is 0.436 e. The van der Waals surface area contributed by atoms with Crippen molar-refractivity contribution in [2.45, 2.75) is 6.92 Å². The Morgan fingerprint density at radius 1 is 1.06 bits per heavy atom. The summed E-state index contributed by atoms with van der Waals surface area (Å²) in [5.41, 5.74) is 3.91. The van der Waals surface area contributed by atoms with Crippen LogP contribution >= 0.6 is 15.9 Å². The van der Waals surface area contributed by atoms with Gasteiger partial charge in [-0.3, -0.25) is 0 Å². The van der Waals surface area contributed by atoms with E-state index in [9.17, 15) is 0 Å². The summed E-state index contributed by atoms with van der Waals surface area (Å²) in [6, 6.07) is 14.0. The number of hydrogen-bond acceptors (Lipinski definition) is 2. The second-order valence-electron chi connectivity index (χ2n) is 4.00. The first-order chi connectivity index (χ1) is 8.22. The molecule has 0 fully saturated rings. The van der Waals surface area contributed by atoms with E-state index in [2.05, 4.69) is 40.0 Å². The molecule has 0 radical (unpaired) electrons. The molecular weight excluding hydrogens is 278 g/mol. The van der Waals surface area contributed by atoms with Crippen LogP contribution in [-0.2, 0) is 0 Å². The van der Waals surface area contributed by atoms with Crippen LogP contribution in [-0.4, -0.2) is 4.98 Å². The Morgan fingerprint density at radius 2 is 1.82 bits per heavy atom. The van der Waals surface area contributed by atoms with Crippen molar-refractivity contribution in [2.75, 3.05) is 0 Å². The molecule has 0 aliphatic heterocycles. The Labute approximate surface area is 107 Å². The summed E-state index contributed by atoms with van der Waals surface area (Å²) < 4.78 is 6.73. The third kappa shape index (κ3) is 1.98. The van der Waals surface area contributed by atoms with E-state index >= 15 is 0 Å². The van der Waals surface area contributed by atoms with Gasteiger partial charge in [0.2, 0.25) is 5.89 Å². The minimum absolute atomic E-state index is 0.665. The number of benzene rings is 2. The molecule has 2 aromatic carbocycles. The summed E-state index contributed by atoms with van der Waals surface area (Å²) in [5.74, 6) is 0.665. The lowest BCUT2D eigenvalue weighted by Gasteiger charge is -1.95. The quantitative estimate of drug-likeness (QED) is 0.655. The number of halogens is 1. The molecule has 0 amide bonds. The summed E-state index contributed by atoms with van der Waals surface area (Å²) in [6.45, 7) is 2.06. The standard InChI is InChI=1S/C14H10BrNO/c1-9-2-4-10(5-3-9)14-16-12-7-6-11(15)8-13(12)17-14/h2-8H,1H3. The van der Waals surface area contributed by atoms with E-state index in [0.717, 1.165) is 21.1 Å². The van der Waals surface area contributed by atoms with E-state index in [4.69, 9.17) is 4.42 Å². The van der Waals surface area contributed by atoms with Crippen LogP contribution in [0.4, 0.5) is 0 Å². The van der Waals surface area contributed by atoms with Crippen molar-refractivity contribution in [1.29, 1.82) is 0 Å². The SMILES string of the molecule is Cc1ccc(-c2nc3ccc(Br)cc3o2)cc1. The maximum atomic E-state index is 5.73. The lowest BCUT2D eigenvalue weighted by molar-refractivity contribution is 0.619. The highest BCUT2D eigenvalue weighted by atomic mass is 79.9. The van der Waals surface area contributed by atoms with Crippen molar-refractivity contribution in [3.63, 3.8) is 0 Å². The molecule has 1 heterocycles. The molecule has 3 aromatic rings. The topological polar surface area (TPSA) is 26.0 Å². The van der Waals surface area contributed by atoms with Crippen LogP contribution in [0.15, 0.2) is 51.4 Å². The zero-order valence-corrected chi connectivity index (χ0v) is 10.9. The van der Waals surface area contributed by atoms with Gasteiger partial charge >= 0.3 is 0 Å². The molecule has 0 bridgehead atoms. The van der Waals surface area contributed by atoms with Gasteiger partial charge in [-0.1, -0.05) is 33.6 Å². The number of aryl methyl sites for hydroxylation is 1. The van der Waals surface area contributed by atoms with Gasteiger partial charge in [0.25, 0.3) is 0 Å². The minimum atomic E-state index is 0.665. The summed E-state index contributed by atoms with van der Waals surface area (Å²) in [5, 5.41) is 0. The van der Waals surface area contributed by atoms with Crippen LogP contribution in [0.5, 0.6) is 0 Å². The average Bonchev–Trinajstić information content (AvgIpc) is 2.72. The Kier molecular flexibility index (Phi) is 2.48. The molecule has 0 saturated carbocycles. The number of fused-ring (bicyclic) bond motifs is 1. The van der Waals surface area contributed by atoms with Crippen molar-refractivity contribution in [1.82, 2.24) is 4.98 Å². The van der Waals surface area contributed by atoms with Crippen LogP contribution in [0.2, 0.25) is 0 Å². The zero-order chi connectivity index (χ0) is 11.8. The first-order valence-electron chi connectivity index (χ1n) is 5.35. The summed E-state index contributed by atoms with van der Waals surface area (Å²) in [4.78, 5) is 4.47. The maximum Gasteiger partial charge on any atom is 0.227 e. The lowest BCUT2D eigenvalue weighted by Crippen LogP contribution is -1.77. The number of rotatable bonds is 1. The van der Waals surface area contributed by atoms with E-state index < -0.39 is 0 Å². The van der Waals surface area contributed by atoms with Gasteiger partial charge in [-0.2, -0.15) is 0 Å². The molecule has 0 aliphatic rings. The number of hydrogen-bond donors (Lipinski definition) is 0. The summed E-state index contributed by atoms with van der Waals surface area (Å²) in [6.07, 6.45) is 0. The number of nitrogens with zero attached hydrogens (tertiary/aromatic N) is 1. The fraction of sp³-hybridized carbons (Fsp3) is 0.0714. The molecule has 3 rings (SSSR count). The van der Waals surface area contributed by atoms with Gasteiger partial charge in [0.15, 0.2) is 5.58 Å². The van der Waals surface area contributed by atoms with Crippen LogP contribution in [0, 0.1) is 6.92 Å². The molecule has 3 heteroatoms. The van der Waals surface area contributed by atoms with Gasteiger partial charge in [-0.15, -0.1) is 0 Å². The summed E-state index contributed by atoms with van der Waals surface area (Å²) >= 11 is 3.42. The molecule has 0 unspecified atom stereocenters. The molecule has 0 aliphatic carbocycles. The van der Waals surface area contributed by atoms with E-state index in [1.165, 1.54) is 5.56 Å². The Hall–Kier alpha value is -1.61. The van der Waals surface area contributed by atoms with E-state index in [-0.39, 0.29) is 0 Å². The lowest BCUT2D eigenvalue weighted by atomic mass is 10.1. The van der Waals surface area contributed by atoms with Crippen molar-refractivity contribution in [3.8, 4) is 11.5 Å². The normalized spacial score (nSPS) is 10.9. The highest BCUT2D eigenvalue weighted by Crippen LogP contribution is 2.26. The molecule has 0 atom stereocenters. The highest BCUT2D eigenvalue weighted by molar-refractivity contribution is 9.10. The van der Waals surface area contributed by atoms with Gasteiger partial charge in [0, 0.05) is 10.0 Å². The fourth-order valence-electron chi connectivity index (χ4n) is 1.72. The fourth-order valence-corrected chi connectivity index (χ4v) is 2.06. The van der Waals surface area contributed by atoms with Crippen LogP contribution < -0.4 is 0 Å². The van der Waals surface area contributed by atoms with Crippen molar-refractivity contribution >= 4 is 27.0 Å². The Morgan fingerprint density at radius 3 is 2.59 bits per heavy atom. The second kappa shape index (κ2) is 4.00. The molecular formula is C14H10BrNO. The molecule has 0 saturated heterocycles. The predicted octanol–water partition coefficient (Wildman–Crippen LogP) is 4.57.